The number of nitriles is 1. The Morgan fingerprint density at radius 3 is 2.62 bits per heavy atom. The highest BCUT2D eigenvalue weighted by Gasteiger charge is 2.16. The number of methoxy groups -OCH3 is 1. The lowest BCUT2D eigenvalue weighted by molar-refractivity contribution is 0.414. The first-order valence-corrected chi connectivity index (χ1v) is 3.99. The molecule has 0 aromatic heterocycles. The van der Waals surface area contributed by atoms with E-state index < -0.39 is 5.82 Å². The van der Waals surface area contributed by atoms with Gasteiger partial charge in [-0.3, -0.25) is 0 Å². The second kappa shape index (κ2) is 3.82. The number of hydrogen-bond donors (Lipinski definition) is 0. The van der Waals surface area contributed by atoms with Gasteiger partial charge in [0.1, 0.15) is 22.5 Å². The Balaban J connectivity index is 3.51. The lowest BCUT2D eigenvalue weighted by atomic mass is 10.2. The Bertz CT molecular complexity index is 387. The van der Waals surface area contributed by atoms with Crippen LogP contribution in [0, 0.1) is 17.1 Å². The first-order valence-electron chi connectivity index (χ1n) is 3.23. The lowest BCUT2D eigenvalue weighted by Gasteiger charge is -2.06. The molecule has 1 aromatic carbocycles. The fraction of sp³-hybridized carbons (Fsp3) is 0.125. The van der Waals surface area contributed by atoms with Crippen LogP contribution in [0.3, 0.4) is 0 Å². The molecule has 0 spiro atoms. The molecule has 0 bridgehead atoms. The Kier molecular flexibility index (Phi) is 2.97. The smallest absolute Gasteiger partial charge is 0.157 e. The molecule has 0 heterocycles. The summed E-state index contributed by atoms with van der Waals surface area (Å²) < 4.78 is 17.8. The van der Waals surface area contributed by atoms with Crippen LogP contribution in [0.2, 0.25) is 10.0 Å². The molecule has 0 fully saturated rings. The maximum Gasteiger partial charge on any atom is 0.157 e. The molecule has 68 valence electrons. The molecule has 0 N–H and O–H groups in total. The van der Waals surface area contributed by atoms with Crippen molar-refractivity contribution in [2.45, 2.75) is 0 Å². The van der Waals surface area contributed by atoms with Crippen molar-refractivity contribution in [2.24, 2.45) is 0 Å². The van der Waals surface area contributed by atoms with Crippen LogP contribution in [-0.2, 0) is 0 Å². The highest BCUT2D eigenvalue weighted by atomic mass is 35.5. The molecule has 0 saturated carbocycles. The van der Waals surface area contributed by atoms with Gasteiger partial charge in [-0.25, -0.2) is 4.39 Å². The molecular formula is C8H4Cl2FNO. The highest BCUT2D eigenvalue weighted by molar-refractivity contribution is 6.37. The maximum atomic E-state index is 13.0. The van der Waals surface area contributed by atoms with Crippen LogP contribution in [0.1, 0.15) is 5.56 Å². The summed E-state index contributed by atoms with van der Waals surface area (Å²) in [5.41, 5.74) is -0.261. The molecule has 1 aromatic rings. The second-order valence-electron chi connectivity index (χ2n) is 2.17. The van der Waals surface area contributed by atoms with Crippen LogP contribution >= 0.6 is 23.2 Å². The summed E-state index contributed by atoms with van der Waals surface area (Å²) in [6.45, 7) is 0. The zero-order chi connectivity index (χ0) is 10.0. The van der Waals surface area contributed by atoms with Gasteiger partial charge in [-0.15, -0.1) is 0 Å². The van der Waals surface area contributed by atoms with Crippen LogP contribution < -0.4 is 4.74 Å². The van der Waals surface area contributed by atoms with Crippen molar-refractivity contribution in [2.75, 3.05) is 7.11 Å². The third-order valence-electron chi connectivity index (χ3n) is 1.44. The second-order valence-corrected chi connectivity index (χ2v) is 2.96. The standard InChI is InChI=1S/C8H4Cl2FNO/c1-13-8-5(9)2-6(11)4(3-12)7(8)10/h2H,1H3. The molecule has 2 nitrogen and oxygen atoms in total. The number of nitrogens with zero attached hydrogens (tertiary/aromatic N) is 1. The lowest BCUT2D eigenvalue weighted by Crippen LogP contribution is -1.92. The van der Waals surface area contributed by atoms with Gasteiger partial charge in [-0.05, 0) is 6.07 Å². The normalized spacial score (nSPS) is 9.46. The first-order chi connectivity index (χ1) is 6.11. The summed E-state index contributed by atoms with van der Waals surface area (Å²) >= 11 is 11.3. The number of benzene rings is 1. The Hall–Kier alpha value is -0.980. The minimum atomic E-state index is -0.752. The van der Waals surface area contributed by atoms with Crippen LogP contribution in [0.4, 0.5) is 4.39 Å². The summed E-state index contributed by atoms with van der Waals surface area (Å²) in [5, 5.41) is 8.48. The highest BCUT2D eigenvalue weighted by Crippen LogP contribution is 2.36. The number of hydrogen-bond acceptors (Lipinski definition) is 2. The molecule has 0 aliphatic rings. The van der Waals surface area contributed by atoms with E-state index in [1.54, 1.807) is 6.07 Å². The Labute approximate surface area is 84.4 Å². The number of rotatable bonds is 1. The minimum Gasteiger partial charge on any atom is -0.494 e. The summed E-state index contributed by atoms with van der Waals surface area (Å²) in [6, 6.07) is 2.61. The molecule has 0 unspecified atom stereocenters. The van der Waals surface area contributed by atoms with Crippen molar-refractivity contribution in [3.63, 3.8) is 0 Å². The quantitative estimate of drug-likeness (QED) is 0.728. The Morgan fingerprint density at radius 1 is 1.54 bits per heavy atom. The van der Waals surface area contributed by atoms with Crippen molar-refractivity contribution in [1.82, 2.24) is 0 Å². The predicted molar refractivity (Wildman–Crippen MR) is 47.7 cm³/mol. The van der Waals surface area contributed by atoms with E-state index in [0.717, 1.165) is 6.07 Å². The molecule has 13 heavy (non-hydrogen) atoms. The van der Waals surface area contributed by atoms with E-state index in [1.165, 1.54) is 7.11 Å². The van der Waals surface area contributed by atoms with Gasteiger partial charge < -0.3 is 4.74 Å². The molecule has 0 aliphatic carbocycles. The first kappa shape index (κ1) is 10.1. The van der Waals surface area contributed by atoms with Crippen LogP contribution in [0.15, 0.2) is 6.07 Å². The zero-order valence-electron chi connectivity index (χ0n) is 6.57. The molecule has 0 saturated heterocycles. The minimum absolute atomic E-state index is 0.0454. The van der Waals surface area contributed by atoms with E-state index in [2.05, 4.69) is 0 Å². The summed E-state index contributed by atoms with van der Waals surface area (Å²) in [4.78, 5) is 0. The average Bonchev–Trinajstić information content (AvgIpc) is 2.04. The fourth-order valence-electron chi connectivity index (χ4n) is 0.862. The van der Waals surface area contributed by atoms with E-state index in [0.29, 0.717) is 0 Å². The van der Waals surface area contributed by atoms with Crippen molar-refractivity contribution in [3.8, 4) is 11.8 Å². The third kappa shape index (κ3) is 1.69. The van der Waals surface area contributed by atoms with E-state index in [1.807, 2.05) is 0 Å². The monoisotopic (exact) mass is 219 g/mol. The van der Waals surface area contributed by atoms with E-state index >= 15 is 0 Å². The van der Waals surface area contributed by atoms with E-state index in [9.17, 15) is 4.39 Å². The SMILES string of the molecule is COc1c(Cl)cc(F)c(C#N)c1Cl. The van der Waals surface area contributed by atoms with Crippen molar-refractivity contribution < 1.29 is 9.13 Å². The van der Waals surface area contributed by atoms with Gasteiger partial charge in [-0.1, -0.05) is 23.2 Å². The summed E-state index contributed by atoms with van der Waals surface area (Å²) in [7, 11) is 1.34. The number of halogens is 3. The maximum absolute atomic E-state index is 13.0. The van der Waals surface area contributed by atoms with E-state index in [-0.39, 0.29) is 21.4 Å². The summed E-state index contributed by atoms with van der Waals surface area (Å²) in [6.07, 6.45) is 0. The zero-order valence-corrected chi connectivity index (χ0v) is 8.08. The molecule has 5 heteroatoms. The van der Waals surface area contributed by atoms with Gasteiger partial charge in [0.2, 0.25) is 0 Å². The molecule has 0 radical (unpaired) electrons. The van der Waals surface area contributed by atoms with Gasteiger partial charge in [0.25, 0.3) is 0 Å². The predicted octanol–water partition coefficient (Wildman–Crippen LogP) is 3.01. The van der Waals surface area contributed by atoms with Gasteiger partial charge >= 0.3 is 0 Å². The molecule has 0 amide bonds. The van der Waals surface area contributed by atoms with Gasteiger partial charge in [0.05, 0.1) is 12.1 Å². The van der Waals surface area contributed by atoms with Crippen molar-refractivity contribution in [3.05, 3.63) is 27.5 Å². The third-order valence-corrected chi connectivity index (χ3v) is 2.09. The topological polar surface area (TPSA) is 33.0 Å². The average molecular weight is 220 g/mol. The van der Waals surface area contributed by atoms with E-state index in [4.69, 9.17) is 33.2 Å². The van der Waals surface area contributed by atoms with Crippen LogP contribution in [-0.4, -0.2) is 7.11 Å². The number of ether oxygens (including phenoxy) is 1. The summed E-state index contributed by atoms with van der Waals surface area (Å²) in [5.74, 6) is -0.639. The molecule has 1 rings (SSSR count). The van der Waals surface area contributed by atoms with Crippen LogP contribution in [0.5, 0.6) is 5.75 Å². The van der Waals surface area contributed by atoms with Gasteiger partial charge in [-0.2, -0.15) is 5.26 Å². The van der Waals surface area contributed by atoms with Crippen molar-refractivity contribution in [1.29, 1.82) is 5.26 Å². The molecular weight excluding hydrogens is 216 g/mol. The molecule has 0 atom stereocenters. The Morgan fingerprint density at radius 2 is 2.15 bits per heavy atom. The van der Waals surface area contributed by atoms with Gasteiger partial charge in [0, 0.05) is 0 Å². The largest absolute Gasteiger partial charge is 0.494 e. The van der Waals surface area contributed by atoms with Crippen molar-refractivity contribution >= 4 is 23.2 Å². The molecule has 0 aliphatic heterocycles. The van der Waals surface area contributed by atoms with Crippen LogP contribution in [0.25, 0.3) is 0 Å². The fourth-order valence-corrected chi connectivity index (χ4v) is 1.49. The van der Waals surface area contributed by atoms with Gasteiger partial charge in [0.15, 0.2) is 5.75 Å².